The molecule has 0 bridgehead atoms. The number of nitrogens with two attached hydrogens (primary N) is 1. The minimum atomic E-state index is -0.706. The minimum absolute atomic E-state index is 0.164. The van der Waals surface area contributed by atoms with E-state index in [9.17, 15) is 14.7 Å². The molecule has 3 aromatic rings. The number of rotatable bonds is 2. The zero-order valence-electron chi connectivity index (χ0n) is 13.8. The molecule has 4 rings (SSSR count). The second-order valence-corrected chi connectivity index (χ2v) is 6.70. The molecule has 0 amide bonds. The molecule has 0 unspecified atom stereocenters. The highest BCUT2D eigenvalue weighted by molar-refractivity contribution is 6.30. The van der Waals surface area contributed by atoms with E-state index in [1.807, 2.05) is 29.6 Å². The number of aromatic hydroxyl groups is 1. The van der Waals surface area contributed by atoms with E-state index in [0.717, 1.165) is 28.7 Å². The number of fused-ring (bicyclic) bond motifs is 1. The molecule has 1 atom stereocenters. The Balaban J connectivity index is 1.96. The van der Waals surface area contributed by atoms with Gasteiger partial charge in [0.1, 0.15) is 11.6 Å². The zero-order valence-corrected chi connectivity index (χ0v) is 14.5. The van der Waals surface area contributed by atoms with E-state index in [0.29, 0.717) is 10.7 Å². The Bertz CT molecular complexity index is 1100. The molecule has 0 spiro atoms. The van der Waals surface area contributed by atoms with Crippen molar-refractivity contribution in [3.05, 3.63) is 91.1 Å². The molecule has 1 aliphatic rings. The molecule has 2 aromatic carbocycles. The van der Waals surface area contributed by atoms with Gasteiger partial charge in [-0.1, -0.05) is 41.9 Å². The van der Waals surface area contributed by atoms with Crippen LogP contribution in [0.1, 0.15) is 22.7 Å². The number of halogens is 1. The predicted molar refractivity (Wildman–Crippen MR) is 98.1 cm³/mol. The van der Waals surface area contributed by atoms with E-state index in [2.05, 4.69) is 4.98 Å². The van der Waals surface area contributed by atoms with Gasteiger partial charge in [-0.15, -0.1) is 0 Å². The Morgan fingerprint density at radius 2 is 1.96 bits per heavy atom. The van der Waals surface area contributed by atoms with E-state index in [1.165, 1.54) is 0 Å². The number of aromatic nitrogens is 2. The van der Waals surface area contributed by atoms with Gasteiger partial charge in [0.15, 0.2) is 0 Å². The molecule has 0 saturated heterocycles. The molecule has 6 nitrogen and oxygen atoms in total. The van der Waals surface area contributed by atoms with Crippen molar-refractivity contribution in [3.63, 3.8) is 0 Å². The quantitative estimate of drug-likeness (QED) is 0.630. The minimum Gasteiger partial charge on any atom is -0.494 e. The van der Waals surface area contributed by atoms with Crippen LogP contribution in [0.25, 0.3) is 5.69 Å². The molecule has 1 aliphatic heterocycles. The van der Waals surface area contributed by atoms with Crippen LogP contribution in [0.5, 0.6) is 5.88 Å². The zero-order chi connectivity index (χ0) is 18.3. The van der Waals surface area contributed by atoms with Crippen molar-refractivity contribution in [2.45, 2.75) is 12.5 Å². The Hall–Kier alpha value is -2.83. The van der Waals surface area contributed by atoms with Crippen molar-refractivity contribution in [2.75, 3.05) is 6.54 Å². The van der Waals surface area contributed by atoms with Gasteiger partial charge < -0.3 is 10.4 Å². The second-order valence-electron chi connectivity index (χ2n) is 6.26. The largest absolute Gasteiger partial charge is 0.494 e. The van der Waals surface area contributed by atoms with Gasteiger partial charge in [0.2, 0.25) is 5.88 Å². The lowest BCUT2D eigenvalue weighted by Gasteiger charge is -2.24. The fourth-order valence-electron chi connectivity index (χ4n) is 3.54. The first-order chi connectivity index (χ1) is 12.6. The van der Waals surface area contributed by atoms with Crippen LogP contribution in [-0.4, -0.2) is 21.2 Å². The van der Waals surface area contributed by atoms with Crippen LogP contribution in [0.3, 0.4) is 0 Å². The fourth-order valence-corrected chi connectivity index (χ4v) is 3.73. The van der Waals surface area contributed by atoms with Gasteiger partial charge in [-0.25, -0.2) is 9.36 Å². The Morgan fingerprint density at radius 3 is 2.77 bits per heavy atom. The number of hydrogen-bond donors (Lipinski definition) is 3. The van der Waals surface area contributed by atoms with Gasteiger partial charge >= 0.3 is 5.69 Å². The molecule has 132 valence electrons. The van der Waals surface area contributed by atoms with E-state index in [1.54, 1.807) is 24.3 Å². The first kappa shape index (κ1) is 16.6. The number of nitrogens with one attached hydrogen (secondary N) is 1. The standard InChI is InChI=1S/C19H16ClN3O3/c20-12-5-3-6-13(10-12)23-18(25)15(17(24)22-19(23)26)16-14-7-2-1-4-11(14)8-9-21-16/h1-7,10,16,21,25H,8-9H2,(H,22,24,26)/p+1/t16-/m1/s1. The molecule has 26 heavy (non-hydrogen) atoms. The summed E-state index contributed by atoms with van der Waals surface area (Å²) in [5.74, 6) is -0.362. The van der Waals surface area contributed by atoms with Crippen LogP contribution in [0, 0.1) is 0 Å². The number of quaternary nitrogens is 1. The van der Waals surface area contributed by atoms with Crippen LogP contribution in [-0.2, 0) is 6.42 Å². The van der Waals surface area contributed by atoms with Crippen molar-refractivity contribution in [1.29, 1.82) is 0 Å². The molecule has 1 aromatic heterocycles. The third-order valence-electron chi connectivity index (χ3n) is 4.70. The van der Waals surface area contributed by atoms with Gasteiger partial charge in [-0.2, -0.15) is 0 Å². The average molecular weight is 371 g/mol. The molecule has 7 heteroatoms. The third-order valence-corrected chi connectivity index (χ3v) is 4.94. The van der Waals surface area contributed by atoms with Crippen molar-refractivity contribution < 1.29 is 10.4 Å². The summed E-state index contributed by atoms with van der Waals surface area (Å²) in [6.45, 7) is 0.789. The van der Waals surface area contributed by atoms with Gasteiger partial charge in [-0.3, -0.25) is 9.78 Å². The molecule has 4 N–H and O–H groups in total. The topological polar surface area (TPSA) is 91.7 Å². The van der Waals surface area contributed by atoms with E-state index in [-0.39, 0.29) is 17.5 Å². The van der Waals surface area contributed by atoms with Crippen LogP contribution >= 0.6 is 11.6 Å². The first-order valence-electron chi connectivity index (χ1n) is 8.31. The molecule has 0 aliphatic carbocycles. The summed E-state index contributed by atoms with van der Waals surface area (Å²) in [4.78, 5) is 27.2. The third kappa shape index (κ3) is 2.73. The Kier molecular flexibility index (Phi) is 4.14. The SMILES string of the molecule is O=c1[nH]c(=O)n(-c2cccc(Cl)c2)c(O)c1[C@@H]1[NH2+]CCc2ccccc21. The van der Waals surface area contributed by atoms with Crippen molar-refractivity contribution in [3.8, 4) is 11.6 Å². The van der Waals surface area contributed by atoms with Crippen molar-refractivity contribution >= 4 is 11.6 Å². The van der Waals surface area contributed by atoms with Crippen LogP contribution < -0.4 is 16.6 Å². The second kappa shape index (κ2) is 6.48. The summed E-state index contributed by atoms with van der Waals surface area (Å²) in [5.41, 5.74) is 1.37. The summed E-state index contributed by atoms with van der Waals surface area (Å²) < 4.78 is 1.08. The summed E-state index contributed by atoms with van der Waals surface area (Å²) >= 11 is 6.01. The summed E-state index contributed by atoms with van der Waals surface area (Å²) in [5, 5.41) is 13.3. The number of nitrogens with zero attached hydrogens (tertiary/aromatic N) is 1. The fraction of sp³-hybridized carbons (Fsp3) is 0.158. The van der Waals surface area contributed by atoms with E-state index < -0.39 is 11.2 Å². The molecule has 0 radical (unpaired) electrons. The van der Waals surface area contributed by atoms with Gasteiger partial charge in [-0.05, 0) is 23.8 Å². The Morgan fingerprint density at radius 1 is 1.15 bits per heavy atom. The smallest absolute Gasteiger partial charge is 0.335 e. The summed E-state index contributed by atoms with van der Waals surface area (Å²) in [7, 11) is 0. The maximum atomic E-state index is 12.5. The first-order valence-corrected chi connectivity index (χ1v) is 8.69. The van der Waals surface area contributed by atoms with Crippen LogP contribution in [0.2, 0.25) is 5.02 Å². The highest BCUT2D eigenvalue weighted by Crippen LogP contribution is 2.28. The molecule has 0 saturated carbocycles. The van der Waals surface area contributed by atoms with Crippen LogP contribution in [0.4, 0.5) is 0 Å². The number of benzene rings is 2. The lowest BCUT2D eigenvalue weighted by atomic mass is 9.90. The van der Waals surface area contributed by atoms with Gasteiger partial charge in [0.05, 0.1) is 12.2 Å². The maximum Gasteiger partial charge on any atom is 0.335 e. The lowest BCUT2D eigenvalue weighted by Crippen LogP contribution is -2.87. The average Bonchev–Trinajstić information content (AvgIpc) is 2.61. The number of hydrogen-bond acceptors (Lipinski definition) is 3. The maximum absolute atomic E-state index is 12.5. The molecule has 0 fully saturated rings. The molecular formula is C19H17ClN3O3+. The number of H-pyrrole nitrogens is 1. The van der Waals surface area contributed by atoms with Gasteiger partial charge in [0, 0.05) is 17.0 Å². The predicted octanol–water partition coefficient (Wildman–Crippen LogP) is 1.09. The monoisotopic (exact) mass is 370 g/mol. The highest BCUT2D eigenvalue weighted by atomic mass is 35.5. The van der Waals surface area contributed by atoms with Crippen LogP contribution in [0.15, 0.2) is 58.1 Å². The van der Waals surface area contributed by atoms with Gasteiger partial charge in [0.25, 0.3) is 5.56 Å². The van der Waals surface area contributed by atoms with Crippen molar-refractivity contribution in [2.24, 2.45) is 0 Å². The van der Waals surface area contributed by atoms with Crippen molar-refractivity contribution in [1.82, 2.24) is 9.55 Å². The highest BCUT2D eigenvalue weighted by Gasteiger charge is 2.31. The number of aromatic amines is 1. The van der Waals surface area contributed by atoms with E-state index >= 15 is 0 Å². The summed E-state index contributed by atoms with van der Waals surface area (Å²) in [6, 6.07) is 14.0. The Labute approximate surface area is 153 Å². The van der Waals surface area contributed by atoms with E-state index in [4.69, 9.17) is 11.6 Å². The normalized spacial score (nSPS) is 16.3. The molecular weight excluding hydrogens is 354 g/mol. The molecule has 2 heterocycles. The lowest BCUT2D eigenvalue weighted by molar-refractivity contribution is -0.690. The summed E-state index contributed by atoms with van der Waals surface area (Å²) in [6.07, 6.45) is 0.888.